The fourth-order valence-electron chi connectivity index (χ4n) is 1.88. The molecule has 0 saturated heterocycles. The Hall–Kier alpha value is -1.71. The zero-order chi connectivity index (χ0) is 11.1. The molecule has 1 aliphatic heterocycles. The van der Waals surface area contributed by atoms with Gasteiger partial charge in [0.05, 0.1) is 5.52 Å². The van der Waals surface area contributed by atoms with E-state index in [4.69, 9.17) is 9.47 Å². The molecule has 0 bridgehead atoms. The maximum atomic E-state index is 5.63. The summed E-state index contributed by atoms with van der Waals surface area (Å²) in [5.74, 6) is 2.96. The fraction of sp³-hybridized carbons (Fsp3) is 0.417. The lowest BCUT2D eigenvalue weighted by atomic mass is 10.2. The Labute approximate surface area is 93.6 Å². The molecule has 3 rings (SSSR count). The maximum Gasteiger partial charge on any atom is 0.187 e. The number of imidazole rings is 1. The Balaban J connectivity index is 2.22. The standard InChI is InChI=1S/C12H14N2O2/c1-7(2)12-13-8-3-4-9-11(10(8)14-12)16-6-5-15-9/h3-4,7H,5-6H2,1-2H3,(H,13,14). The van der Waals surface area contributed by atoms with E-state index in [0.717, 1.165) is 28.4 Å². The second-order valence-electron chi connectivity index (χ2n) is 4.26. The number of rotatable bonds is 1. The number of benzene rings is 1. The lowest BCUT2D eigenvalue weighted by molar-refractivity contribution is 0.173. The third-order valence-electron chi connectivity index (χ3n) is 2.73. The molecule has 0 saturated carbocycles. The van der Waals surface area contributed by atoms with Crippen LogP contribution in [0.4, 0.5) is 0 Å². The molecule has 2 heterocycles. The van der Waals surface area contributed by atoms with Gasteiger partial charge in [-0.2, -0.15) is 0 Å². The van der Waals surface area contributed by atoms with Crippen molar-refractivity contribution in [3.8, 4) is 11.5 Å². The largest absolute Gasteiger partial charge is 0.486 e. The molecule has 0 fully saturated rings. The Bertz CT molecular complexity index is 531. The first-order chi connectivity index (χ1) is 7.75. The van der Waals surface area contributed by atoms with Gasteiger partial charge in [0, 0.05) is 5.92 Å². The fourth-order valence-corrected chi connectivity index (χ4v) is 1.88. The van der Waals surface area contributed by atoms with Gasteiger partial charge < -0.3 is 14.5 Å². The van der Waals surface area contributed by atoms with Crippen molar-refractivity contribution in [1.29, 1.82) is 0 Å². The molecule has 4 heteroatoms. The van der Waals surface area contributed by atoms with E-state index >= 15 is 0 Å². The van der Waals surface area contributed by atoms with Crippen LogP contribution in [0.15, 0.2) is 12.1 Å². The van der Waals surface area contributed by atoms with E-state index < -0.39 is 0 Å². The third-order valence-corrected chi connectivity index (χ3v) is 2.73. The summed E-state index contributed by atoms with van der Waals surface area (Å²) in [6.45, 7) is 5.44. The number of aromatic amines is 1. The molecule has 1 aromatic carbocycles. The first kappa shape index (κ1) is 9.51. The van der Waals surface area contributed by atoms with Gasteiger partial charge in [0.25, 0.3) is 0 Å². The molecular weight excluding hydrogens is 204 g/mol. The third kappa shape index (κ3) is 1.33. The van der Waals surface area contributed by atoms with E-state index in [1.165, 1.54) is 0 Å². The molecule has 1 N–H and O–H groups in total. The Morgan fingerprint density at radius 1 is 1.25 bits per heavy atom. The van der Waals surface area contributed by atoms with Crippen molar-refractivity contribution in [2.45, 2.75) is 19.8 Å². The molecule has 4 nitrogen and oxygen atoms in total. The van der Waals surface area contributed by atoms with E-state index in [9.17, 15) is 0 Å². The van der Waals surface area contributed by atoms with Crippen molar-refractivity contribution >= 4 is 11.0 Å². The number of aromatic nitrogens is 2. The summed E-state index contributed by atoms with van der Waals surface area (Å²) >= 11 is 0. The predicted octanol–water partition coefficient (Wildman–Crippen LogP) is 2.46. The average molecular weight is 218 g/mol. The van der Waals surface area contributed by atoms with Crippen LogP contribution < -0.4 is 9.47 Å². The van der Waals surface area contributed by atoms with Crippen molar-refractivity contribution in [3.05, 3.63) is 18.0 Å². The Morgan fingerprint density at radius 3 is 2.88 bits per heavy atom. The van der Waals surface area contributed by atoms with Crippen LogP contribution in [0.2, 0.25) is 0 Å². The minimum atomic E-state index is 0.382. The number of H-pyrrole nitrogens is 1. The summed E-state index contributed by atoms with van der Waals surface area (Å²) in [5, 5.41) is 0. The van der Waals surface area contributed by atoms with Gasteiger partial charge in [0.15, 0.2) is 11.5 Å². The van der Waals surface area contributed by atoms with Gasteiger partial charge in [0.1, 0.15) is 24.6 Å². The van der Waals surface area contributed by atoms with Crippen molar-refractivity contribution in [2.24, 2.45) is 0 Å². The monoisotopic (exact) mass is 218 g/mol. The van der Waals surface area contributed by atoms with Crippen LogP contribution in [0, 0.1) is 0 Å². The molecule has 0 atom stereocenters. The smallest absolute Gasteiger partial charge is 0.187 e. The van der Waals surface area contributed by atoms with E-state index in [-0.39, 0.29) is 0 Å². The van der Waals surface area contributed by atoms with Crippen LogP contribution in [0.1, 0.15) is 25.6 Å². The van der Waals surface area contributed by atoms with E-state index in [2.05, 4.69) is 23.8 Å². The number of fused-ring (bicyclic) bond motifs is 3. The van der Waals surface area contributed by atoms with E-state index in [1.807, 2.05) is 12.1 Å². The molecule has 0 unspecified atom stereocenters. The van der Waals surface area contributed by atoms with Crippen LogP contribution in [0.25, 0.3) is 11.0 Å². The molecule has 0 aliphatic carbocycles. The molecule has 0 spiro atoms. The first-order valence-electron chi connectivity index (χ1n) is 5.54. The van der Waals surface area contributed by atoms with Crippen LogP contribution in [-0.4, -0.2) is 23.2 Å². The molecule has 16 heavy (non-hydrogen) atoms. The first-order valence-corrected chi connectivity index (χ1v) is 5.54. The molecule has 0 radical (unpaired) electrons. The van der Waals surface area contributed by atoms with Gasteiger partial charge in [-0.25, -0.2) is 4.98 Å². The maximum absolute atomic E-state index is 5.63. The van der Waals surface area contributed by atoms with Crippen LogP contribution in [0.5, 0.6) is 11.5 Å². The molecule has 2 aromatic rings. The number of hydrogen-bond donors (Lipinski definition) is 1. The minimum absolute atomic E-state index is 0.382. The van der Waals surface area contributed by atoms with Crippen molar-refractivity contribution < 1.29 is 9.47 Å². The molecular formula is C12H14N2O2. The van der Waals surface area contributed by atoms with Crippen molar-refractivity contribution in [2.75, 3.05) is 13.2 Å². The summed E-state index contributed by atoms with van der Waals surface area (Å²) < 4.78 is 11.2. The lowest BCUT2D eigenvalue weighted by Crippen LogP contribution is -2.15. The lowest BCUT2D eigenvalue weighted by Gasteiger charge is -2.18. The summed E-state index contributed by atoms with van der Waals surface area (Å²) in [4.78, 5) is 7.84. The number of nitrogens with zero attached hydrogens (tertiary/aromatic N) is 1. The van der Waals surface area contributed by atoms with E-state index in [0.29, 0.717) is 19.1 Å². The minimum Gasteiger partial charge on any atom is -0.486 e. The summed E-state index contributed by atoms with van der Waals surface area (Å²) in [7, 11) is 0. The zero-order valence-corrected chi connectivity index (χ0v) is 9.41. The van der Waals surface area contributed by atoms with Crippen LogP contribution in [-0.2, 0) is 0 Å². The second kappa shape index (κ2) is 3.40. The summed E-state index contributed by atoms with van der Waals surface area (Å²) in [6, 6.07) is 3.88. The van der Waals surface area contributed by atoms with E-state index in [1.54, 1.807) is 0 Å². The SMILES string of the molecule is CC(C)c1nc2ccc3c(c2[nH]1)OCCO3. The van der Waals surface area contributed by atoms with Crippen LogP contribution >= 0.6 is 0 Å². The van der Waals surface area contributed by atoms with Crippen LogP contribution in [0.3, 0.4) is 0 Å². The highest BCUT2D eigenvalue weighted by molar-refractivity contribution is 5.85. The van der Waals surface area contributed by atoms with Gasteiger partial charge in [0.2, 0.25) is 0 Å². The van der Waals surface area contributed by atoms with Gasteiger partial charge in [-0.1, -0.05) is 13.8 Å². The van der Waals surface area contributed by atoms with Gasteiger partial charge in [-0.05, 0) is 12.1 Å². The molecule has 0 amide bonds. The normalized spacial score (nSPS) is 14.7. The second-order valence-corrected chi connectivity index (χ2v) is 4.26. The predicted molar refractivity (Wildman–Crippen MR) is 61.2 cm³/mol. The Morgan fingerprint density at radius 2 is 2.06 bits per heavy atom. The molecule has 84 valence electrons. The number of hydrogen-bond acceptors (Lipinski definition) is 3. The summed E-state index contributed by atoms with van der Waals surface area (Å²) in [5.41, 5.74) is 1.88. The zero-order valence-electron chi connectivity index (χ0n) is 9.41. The van der Waals surface area contributed by atoms with Crippen molar-refractivity contribution in [3.63, 3.8) is 0 Å². The molecule has 1 aliphatic rings. The van der Waals surface area contributed by atoms with Crippen molar-refractivity contribution in [1.82, 2.24) is 9.97 Å². The van der Waals surface area contributed by atoms with Gasteiger partial charge in [-0.3, -0.25) is 0 Å². The number of nitrogens with one attached hydrogen (secondary N) is 1. The van der Waals surface area contributed by atoms with Gasteiger partial charge >= 0.3 is 0 Å². The number of ether oxygens (including phenoxy) is 2. The summed E-state index contributed by atoms with van der Waals surface area (Å²) in [6.07, 6.45) is 0. The average Bonchev–Trinajstić information content (AvgIpc) is 2.73. The molecule has 1 aromatic heterocycles. The highest BCUT2D eigenvalue weighted by Crippen LogP contribution is 2.36. The quantitative estimate of drug-likeness (QED) is 0.799. The topological polar surface area (TPSA) is 47.1 Å². The highest BCUT2D eigenvalue weighted by Gasteiger charge is 2.18. The highest BCUT2D eigenvalue weighted by atomic mass is 16.6. The Kier molecular flexibility index (Phi) is 2.02. The van der Waals surface area contributed by atoms with Gasteiger partial charge in [-0.15, -0.1) is 0 Å².